The fourth-order valence-corrected chi connectivity index (χ4v) is 2.59. The number of methoxy groups -OCH3 is 1. The summed E-state index contributed by atoms with van der Waals surface area (Å²) in [4.78, 5) is 16.2. The zero-order valence-electron chi connectivity index (χ0n) is 12.7. The summed E-state index contributed by atoms with van der Waals surface area (Å²) in [6.07, 6.45) is 3.25. The maximum absolute atomic E-state index is 12.4. The molecule has 0 aliphatic rings. The van der Waals surface area contributed by atoms with E-state index in [1.165, 1.54) is 25.3 Å². The fraction of sp³-hybridized carbons (Fsp3) is 0.200. The van der Waals surface area contributed by atoms with Crippen LogP contribution in [0.5, 0.6) is 5.75 Å². The number of sulfonamides is 1. The summed E-state index contributed by atoms with van der Waals surface area (Å²) in [6, 6.07) is 7.16. The standard InChI is InChI=1S/C15H17N3O4S/c1-10(11-5-7-17-8-6-11)18-15(19)13-9-12(23(16,20)21)3-4-14(13)22-2/h3-10H,1-2H3,(H,18,19)(H2,16,20,21)/t10-/m0/s1. The highest BCUT2D eigenvalue weighted by Crippen LogP contribution is 2.23. The molecule has 7 nitrogen and oxygen atoms in total. The molecular weight excluding hydrogens is 318 g/mol. The number of nitrogens with one attached hydrogen (secondary N) is 1. The molecular formula is C15H17N3O4S. The highest BCUT2D eigenvalue weighted by molar-refractivity contribution is 7.89. The van der Waals surface area contributed by atoms with Gasteiger partial charge in [0.25, 0.3) is 5.91 Å². The van der Waals surface area contributed by atoms with Crippen LogP contribution in [0.4, 0.5) is 0 Å². The Kier molecular flexibility index (Phi) is 4.97. The van der Waals surface area contributed by atoms with Crippen LogP contribution in [0.3, 0.4) is 0 Å². The number of carbonyl (C=O) groups is 1. The second kappa shape index (κ2) is 6.76. The maximum Gasteiger partial charge on any atom is 0.255 e. The number of pyridine rings is 1. The molecule has 0 saturated heterocycles. The van der Waals surface area contributed by atoms with Crippen molar-refractivity contribution in [3.8, 4) is 5.75 Å². The minimum atomic E-state index is -3.91. The molecule has 0 unspecified atom stereocenters. The molecule has 2 rings (SSSR count). The van der Waals surface area contributed by atoms with Gasteiger partial charge in [0.1, 0.15) is 5.75 Å². The van der Waals surface area contributed by atoms with Crippen molar-refractivity contribution >= 4 is 15.9 Å². The number of ether oxygens (including phenoxy) is 1. The number of primary sulfonamides is 1. The van der Waals surface area contributed by atoms with Gasteiger partial charge in [0, 0.05) is 12.4 Å². The largest absolute Gasteiger partial charge is 0.496 e. The Morgan fingerprint density at radius 2 is 1.91 bits per heavy atom. The molecule has 0 saturated carbocycles. The third kappa shape index (κ3) is 4.05. The zero-order chi connectivity index (χ0) is 17.0. The van der Waals surface area contributed by atoms with Gasteiger partial charge >= 0.3 is 0 Å². The Morgan fingerprint density at radius 1 is 1.26 bits per heavy atom. The van der Waals surface area contributed by atoms with Gasteiger partial charge in [-0.3, -0.25) is 9.78 Å². The number of hydrogen-bond donors (Lipinski definition) is 2. The molecule has 1 aromatic heterocycles. The topological polar surface area (TPSA) is 111 Å². The Balaban J connectivity index is 2.31. The quantitative estimate of drug-likeness (QED) is 0.853. The number of hydrogen-bond acceptors (Lipinski definition) is 5. The van der Waals surface area contributed by atoms with Crippen LogP contribution >= 0.6 is 0 Å². The molecule has 0 aliphatic carbocycles. The van der Waals surface area contributed by atoms with Crippen molar-refractivity contribution in [1.82, 2.24) is 10.3 Å². The number of nitrogens with zero attached hydrogens (tertiary/aromatic N) is 1. The lowest BCUT2D eigenvalue weighted by molar-refractivity contribution is 0.0936. The van der Waals surface area contributed by atoms with E-state index < -0.39 is 15.9 Å². The monoisotopic (exact) mass is 335 g/mol. The van der Waals surface area contributed by atoms with Gasteiger partial charge in [-0.05, 0) is 42.8 Å². The molecule has 0 radical (unpaired) electrons. The first kappa shape index (κ1) is 16.9. The van der Waals surface area contributed by atoms with E-state index in [1.807, 2.05) is 6.92 Å². The lowest BCUT2D eigenvalue weighted by Gasteiger charge is -2.16. The highest BCUT2D eigenvalue weighted by Gasteiger charge is 2.19. The average Bonchev–Trinajstić information content (AvgIpc) is 2.54. The molecule has 0 aliphatic heterocycles. The average molecular weight is 335 g/mol. The van der Waals surface area contributed by atoms with E-state index in [1.54, 1.807) is 24.5 Å². The van der Waals surface area contributed by atoms with E-state index in [-0.39, 0.29) is 22.3 Å². The van der Waals surface area contributed by atoms with Gasteiger partial charge in [-0.15, -0.1) is 0 Å². The number of amides is 1. The molecule has 1 amide bonds. The van der Waals surface area contributed by atoms with Crippen LogP contribution < -0.4 is 15.2 Å². The molecule has 122 valence electrons. The van der Waals surface area contributed by atoms with Crippen LogP contribution in [0.15, 0.2) is 47.6 Å². The van der Waals surface area contributed by atoms with E-state index in [4.69, 9.17) is 9.88 Å². The summed E-state index contributed by atoms with van der Waals surface area (Å²) >= 11 is 0. The first-order valence-corrected chi connectivity index (χ1v) is 8.29. The SMILES string of the molecule is COc1ccc(S(N)(=O)=O)cc1C(=O)N[C@@H](C)c1ccncc1. The van der Waals surface area contributed by atoms with Gasteiger partial charge in [0.2, 0.25) is 10.0 Å². The van der Waals surface area contributed by atoms with Gasteiger partial charge in [0.15, 0.2) is 0 Å². The van der Waals surface area contributed by atoms with Crippen molar-refractivity contribution in [3.63, 3.8) is 0 Å². The molecule has 0 bridgehead atoms. The first-order valence-electron chi connectivity index (χ1n) is 6.74. The summed E-state index contributed by atoms with van der Waals surface area (Å²) in [5.41, 5.74) is 0.967. The number of nitrogens with two attached hydrogens (primary N) is 1. The Hall–Kier alpha value is -2.45. The normalized spacial score (nSPS) is 12.5. The van der Waals surface area contributed by atoms with E-state index in [0.717, 1.165) is 5.56 Å². The van der Waals surface area contributed by atoms with E-state index in [0.29, 0.717) is 0 Å². The van der Waals surface area contributed by atoms with Crippen LogP contribution in [0, 0.1) is 0 Å². The van der Waals surface area contributed by atoms with Crippen molar-refractivity contribution in [2.24, 2.45) is 5.14 Å². The highest BCUT2D eigenvalue weighted by atomic mass is 32.2. The number of rotatable bonds is 5. The van der Waals surface area contributed by atoms with Crippen LogP contribution in [-0.2, 0) is 10.0 Å². The molecule has 1 aromatic carbocycles. The van der Waals surface area contributed by atoms with Gasteiger partial charge in [-0.2, -0.15) is 0 Å². The number of carbonyl (C=O) groups excluding carboxylic acids is 1. The lowest BCUT2D eigenvalue weighted by atomic mass is 10.1. The van der Waals surface area contributed by atoms with Gasteiger partial charge < -0.3 is 10.1 Å². The van der Waals surface area contributed by atoms with Gasteiger partial charge in [-0.1, -0.05) is 0 Å². The van der Waals surface area contributed by atoms with Crippen molar-refractivity contribution in [1.29, 1.82) is 0 Å². The third-order valence-corrected chi connectivity index (χ3v) is 4.21. The summed E-state index contributed by atoms with van der Waals surface area (Å²) < 4.78 is 28.0. The third-order valence-electron chi connectivity index (χ3n) is 3.30. The van der Waals surface area contributed by atoms with Gasteiger partial charge in [0.05, 0.1) is 23.6 Å². The predicted octanol–water partition coefficient (Wildman–Crippen LogP) is 1.23. The van der Waals surface area contributed by atoms with Crippen LogP contribution in [0.1, 0.15) is 28.9 Å². The van der Waals surface area contributed by atoms with Crippen molar-refractivity contribution < 1.29 is 17.9 Å². The Bertz CT molecular complexity index is 807. The minimum Gasteiger partial charge on any atom is -0.496 e. The van der Waals surface area contributed by atoms with E-state index >= 15 is 0 Å². The summed E-state index contributed by atoms with van der Waals surface area (Å²) in [5.74, 6) is -0.200. The molecule has 1 atom stereocenters. The first-order chi connectivity index (χ1) is 10.8. The summed E-state index contributed by atoms with van der Waals surface area (Å²) in [6.45, 7) is 1.81. The second-order valence-corrected chi connectivity index (χ2v) is 6.44. The molecule has 1 heterocycles. The molecule has 23 heavy (non-hydrogen) atoms. The smallest absolute Gasteiger partial charge is 0.255 e. The van der Waals surface area contributed by atoms with Crippen LogP contribution in [0.25, 0.3) is 0 Å². The number of benzene rings is 1. The molecule has 0 spiro atoms. The fourth-order valence-electron chi connectivity index (χ4n) is 2.05. The van der Waals surface area contributed by atoms with Crippen molar-refractivity contribution in [3.05, 3.63) is 53.9 Å². The molecule has 0 fully saturated rings. The number of aromatic nitrogens is 1. The second-order valence-electron chi connectivity index (χ2n) is 4.88. The lowest BCUT2D eigenvalue weighted by Crippen LogP contribution is -2.27. The summed E-state index contributed by atoms with van der Waals surface area (Å²) in [7, 11) is -2.51. The van der Waals surface area contributed by atoms with E-state index in [2.05, 4.69) is 10.3 Å². The van der Waals surface area contributed by atoms with Crippen LogP contribution in [-0.4, -0.2) is 26.4 Å². The van der Waals surface area contributed by atoms with Gasteiger partial charge in [-0.25, -0.2) is 13.6 Å². The molecule has 8 heteroatoms. The molecule has 3 N–H and O–H groups in total. The Labute approximate surface area is 134 Å². The minimum absolute atomic E-state index is 0.0972. The Morgan fingerprint density at radius 3 is 2.48 bits per heavy atom. The van der Waals surface area contributed by atoms with Crippen LogP contribution in [0.2, 0.25) is 0 Å². The predicted molar refractivity (Wildman–Crippen MR) is 84.5 cm³/mol. The van der Waals surface area contributed by atoms with E-state index in [9.17, 15) is 13.2 Å². The van der Waals surface area contributed by atoms with Crippen molar-refractivity contribution in [2.45, 2.75) is 17.9 Å². The maximum atomic E-state index is 12.4. The molecule has 2 aromatic rings. The zero-order valence-corrected chi connectivity index (χ0v) is 13.5. The van der Waals surface area contributed by atoms with Crippen molar-refractivity contribution in [2.75, 3.05) is 7.11 Å². The summed E-state index contributed by atoms with van der Waals surface area (Å²) in [5, 5.41) is 7.89.